The maximum absolute atomic E-state index is 11.7. The Labute approximate surface area is 182 Å². The highest BCUT2D eigenvalue weighted by Gasteiger charge is 2.15. The summed E-state index contributed by atoms with van der Waals surface area (Å²) in [4.78, 5) is 23.3. The van der Waals surface area contributed by atoms with E-state index in [9.17, 15) is 9.59 Å². The fraction of sp³-hybridized carbons (Fsp3) is 0.391. The van der Waals surface area contributed by atoms with Crippen LogP contribution in [-0.4, -0.2) is 44.1 Å². The smallest absolute Gasteiger partial charge is 0.407 e. The largest absolute Gasteiger partial charge is 0.492 e. The summed E-state index contributed by atoms with van der Waals surface area (Å²) in [6, 6.07) is 16.6. The first-order chi connectivity index (χ1) is 14.8. The van der Waals surface area contributed by atoms with Crippen molar-refractivity contribution in [1.29, 1.82) is 0 Å². The van der Waals surface area contributed by atoms with E-state index >= 15 is 0 Å². The van der Waals surface area contributed by atoms with Crippen molar-refractivity contribution in [3.05, 3.63) is 60.2 Å². The summed E-state index contributed by atoms with van der Waals surface area (Å²) in [6.07, 6.45) is -0.981. The number of amides is 2. The van der Waals surface area contributed by atoms with Gasteiger partial charge in [0.25, 0.3) is 0 Å². The molecule has 0 bridgehead atoms. The van der Waals surface area contributed by atoms with Gasteiger partial charge in [0.1, 0.15) is 36.9 Å². The predicted octanol–water partition coefficient (Wildman–Crippen LogP) is 3.90. The second kappa shape index (κ2) is 12.3. The Morgan fingerprint density at radius 2 is 1.39 bits per heavy atom. The Morgan fingerprint density at radius 3 is 1.97 bits per heavy atom. The first-order valence-electron chi connectivity index (χ1n) is 10.1. The lowest BCUT2D eigenvalue weighted by Gasteiger charge is -2.19. The summed E-state index contributed by atoms with van der Waals surface area (Å²) >= 11 is 0. The normalized spacial score (nSPS) is 10.7. The van der Waals surface area contributed by atoms with Crippen molar-refractivity contribution in [3.8, 4) is 11.5 Å². The zero-order chi connectivity index (χ0) is 22.5. The van der Waals surface area contributed by atoms with Gasteiger partial charge in [0.2, 0.25) is 0 Å². The SMILES string of the molecule is CC(C)(C)OC(=O)NCCOc1cccc(OCCNC(=O)OCc2ccccc2)c1. The van der Waals surface area contributed by atoms with E-state index in [0.717, 1.165) is 5.56 Å². The first kappa shape index (κ1) is 23.9. The van der Waals surface area contributed by atoms with E-state index < -0.39 is 17.8 Å². The van der Waals surface area contributed by atoms with Crippen molar-refractivity contribution >= 4 is 12.2 Å². The van der Waals surface area contributed by atoms with Crippen LogP contribution in [-0.2, 0) is 16.1 Å². The van der Waals surface area contributed by atoms with E-state index in [1.807, 2.05) is 30.3 Å². The maximum Gasteiger partial charge on any atom is 0.407 e. The first-order valence-corrected chi connectivity index (χ1v) is 10.1. The zero-order valence-corrected chi connectivity index (χ0v) is 18.2. The molecular weight excluding hydrogens is 400 g/mol. The number of nitrogens with one attached hydrogen (secondary N) is 2. The quantitative estimate of drug-likeness (QED) is 0.555. The molecule has 0 radical (unpaired) electrons. The lowest BCUT2D eigenvalue weighted by Crippen LogP contribution is -2.34. The number of benzene rings is 2. The lowest BCUT2D eigenvalue weighted by atomic mass is 10.2. The van der Waals surface area contributed by atoms with E-state index in [2.05, 4.69) is 10.6 Å². The molecule has 2 rings (SSSR count). The number of alkyl carbamates (subject to hydrolysis) is 2. The summed E-state index contributed by atoms with van der Waals surface area (Å²) < 4.78 is 21.5. The second-order valence-electron chi connectivity index (χ2n) is 7.59. The molecule has 0 aliphatic carbocycles. The Morgan fingerprint density at radius 1 is 0.806 bits per heavy atom. The molecule has 0 unspecified atom stereocenters. The summed E-state index contributed by atoms with van der Waals surface area (Å²) in [5.74, 6) is 1.22. The minimum absolute atomic E-state index is 0.218. The number of carbonyl (C=O) groups is 2. The Balaban J connectivity index is 1.60. The average molecular weight is 431 g/mol. The van der Waals surface area contributed by atoms with Crippen LogP contribution in [0.3, 0.4) is 0 Å². The molecule has 0 fully saturated rings. The monoisotopic (exact) mass is 430 g/mol. The van der Waals surface area contributed by atoms with Crippen LogP contribution in [0.25, 0.3) is 0 Å². The Hall–Kier alpha value is -3.42. The van der Waals surface area contributed by atoms with Crippen molar-refractivity contribution in [1.82, 2.24) is 10.6 Å². The summed E-state index contributed by atoms with van der Waals surface area (Å²) in [5.41, 5.74) is 0.386. The zero-order valence-electron chi connectivity index (χ0n) is 18.2. The predicted molar refractivity (Wildman–Crippen MR) is 116 cm³/mol. The maximum atomic E-state index is 11.7. The summed E-state index contributed by atoms with van der Waals surface area (Å²) in [6.45, 7) is 6.82. The van der Waals surface area contributed by atoms with E-state index in [-0.39, 0.29) is 19.8 Å². The summed E-state index contributed by atoms with van der Waals surface area (Å²) in [7, 11) is 0. The molecule has 8 heteroatoms. The van der Waals surface area contributed by atoms with Crippen molar-refractivity contribution in [3.63, 3.8) is 0 Å². The van der Waals surface area contributed by atoms with Gasteiger partial charge in [0.05, 0.1) is 13.1 Å². The van der Waals surface area contributed by atoms with Crippen LogP contribution >= 0.6 is 0 Å². The number of hydrogen-bond donors (Lipinski definition) is 2. The van der Waals surface area contributed by atoms with Gasteiger partial charge in [-0.2, -0.15) is 0 Å². The van der Waals surface area contributed by atoms with Crippen molar-refractivity contribution < 1.29 is 28.5 Å². The van der Waals surface area contributed by atoms with Crippen LogP contribution < -0.4 is 20.1 Å². The van der Waals surface area contributed by atoms with Gasteiger partial charge in [0.15, 0.2) is 0 Å². The van der Waals surface area contributed by atoms with Crippen LogP contribution in [0.2, 0.25) is 0 Å². The molecule has 0 spiro atoms. The van der Waals surface area contributed by atoms with Crippen LogP contribution in [0.4, 0.5) is 9.59 Å². The van der Waals surface area contributed by atoms with Gasteiger partial charge in [0, 0.05) is 6.07 Å². The molecule has 2 N–H and O–H groups in total. The summed E-state index contributed by atoms with van der Waals surface area (Å²) in [5, 5.41) is 5.26. The standard InChI is InChI=1S/C23H30N2O6/c1-23(2,3)31-22(27)25-13-15-29-20-11-7-10-19(16-20)28-14-12-24-21(26)30-17-18-8-5-4-6-9-18/h4-11,16H,12-15,17H2,1-3H3,(H,24,26)(H,25,27). The highest BCUT2D eigenvalue weighted by Crippen LogP contribution is 2.19. The Bertz CT molecular complexity index is 820. The van der Waals surface area contributed by atoms with Crippen molar-refractivity contribution in [2.45, 2.75) is 33.0 Å². The highest BCUT2D eigenvalue weighted by molar-refractivity contribution is 5.67. The number of hydrogen-bond acceptors (Lipinski definition) is 6. The second-order valence-corrected chi connectivity index (χ2v) is 7.59. The molecule has 0 atom stereocenters. The minimum atomic E-state index is -0.538. The molecular formula is C23H30N2O6. The van der Waals surface area contributed by atoms with Gasteiger partial charge in [-0.25, -0.2) is 9.59 Å². The molecule has 168 valence electrons. The average Bonchev–Trinajstić information content (AvgIpc) is 2.73. The van der Waals surface area contributed by atoms with Gasteiger partial charge in [-0.3, -0.25) is 0 Å². The fourth-order valence-electron chi connectivity index (χ4n) is 2.39. The highest BCUT2D eigenvalue weighted by atomic mass is 16.6. The molecule has 2 amide bonds. The third-order valence-electron chi connectivity index (χ3n) is 3.70. The number of rotatable bonds is 10. The van der Waals surface area contributed by atoms with E-state index in [4.69, 9.17) is 18.9 Å². The fourth-order valence-corrected chi connectivity index (χ4v) is 2.39. The van der Waals surface area contributed by atoms with E-state index in [1.54, 1.807) is 45.0 Å². The van der Waals surface area contributed by atoms with Gasteiger partial charge < -0.3 is 29.6 Å². The molecule has 0 aliphatic heterocycles. The number of carbonyl (C=O) groups excluding carboxylic acids is 2. The minimum Gasteiger partial charge on any atom is -0.492 e. The third kappa shape index (κ3) is 10.8. The van der Waals surface area contributed by atoms with Gasteiger partial charge in [-0.15, -0.1) is 0 Å². The molecule has 0 saturated carbocycles. The molecule has 0 heterocycles. The van der Waals surface area contributed by atoms with Crippen molar-refractivity contribution in [2.24, 2.45) is 0 Å². The lowest BCUT2D eigenvalue weighted by molar-refractivity contribution is 0.0520. The van der Waals surface area contributed by atoms with Crippen LogP contribution in [0, 0.1) is 0 Å². The van der Waals surface area contributed by atoms with E-state index in [1.165, 1.54) is 0 Å². The third-order valence-corrected chi connectivity index (χ3v) is 3.70. The van der Waals surface area contributed by atoms with Gasteiger partial charge in [-0.1, -0.05) is 36.4 Å². The molecule has 8 nitrogen and oxygen atoms in total. The molecule has 2 aromatic carbocycles. The molecule has 31 heavy (non-hydrogen) atoms. The molecule has 0 aliphatic rings. The molecule has 0 saturated heterocycles. The van der Waals surface area contributed by atoms with E-state index in [0.29, 0.717) is 24.6 Å². The van der Waals surface area contributed by atoms with Crippen LogP contribution in [0.5, 0.6) is 11.5 Å². The van der Waals surface area contributed by atoms with Gasteiger partial charge in [-0.05, 0) is 38.5 Å². The van der Waals surface area contributed by atoms with Crippen LogP contribution in [0.1, 0.15) is 26.3 Å². The Kier molecular flexibility index (Phi) is 9.48. The number of ether oxygens (including phenoxy) is 4. The van der Waals surface area contributed by atoms with Crippen LogP contribution in [0.15, 0.2) is 54.6 Å². The van der Waals surface area contributed by atoms with Crippen molar-refractivity contribution in [2.75, 3.05) is 26.3 Å². The molecule has 2 aromatic rings. The molecule has 0 aromatic heterocycles. The van der Waals surface area contributed by atoms with Gasteiger partial charge >= 0.3 is 12.2 Å². The topological polar surface area (TPSA) is 95.1 Å².